The van der Waals surface area contributed by atoms with Gasteiger partial charge in [-0.1, -0.05) is 12.1 Å². The molecule has 0 radical (unpaired) electrons. The van der Waals surface area contributed by atoms with Crippen molar-refractivity contribution >= 4 is 11.8 Å². The Balaban J connectivity index is 2.70. The predicted octanol–water partition coefficient (Wildman–Crippen LogP) is 3.63. The average molecular weight is 291 g/mol. The van der Waals surface area contributed by atoms with Crippen molar-refractivity contribution in [3.05, 3.63) is 29.8 Å². The standard InChI is InChI=1S/C13H16F3NO3/c1-12(2,3)20-11(19)17-9-6-4-8(5-7-9)10(18)13(14,15)16/h4-7,10,18H,1-3H3,(H,17,19)/t10-/m1/s1. The summed E-state index contributed by atoms with van der Waals surface area (Å²) in [5.74, 6) is 0. The maximum atomic E-state index is 12.3. The van der Waals surface area contributed by atoms with Crippen molar-refractivity contribution in [1.82, 2.24) is 0 Å². The second-order valence-corrected chi connectivity index (χ2v) is 5.19. The van der Waals surface area contributed by atoms with Gasteiger partial charge in [-0.25, -0.2) is 4.79 Å². The molecule has 0 bridgehead atoms. The molecule has 112 valence electrons. The van der Waals surface area contributed by atoms with E-state index >= 15 is 0 Å². The SMILES string of the molecule is CC(C)(C)OC(=O)Nc1ccc([C@@H](O)C(F)(F)F)cc1. The molecule has 0 unspecified atom stereocenters. The van der Waals surface area contributed by atoms with Gasteiger partial charge in [0, 0.05) is 5.69 Å². The molecule has 0 saturated heterocycles. The summed E-state index contributed by atoms with van der Waals surface area (Å²) in [6.45, 7) is 5.07. The Morgan fingerprint density at radius 1 is 1.20 bits per heavy atom. The number of rotatable bonds is 2. The van der Waals surface area contributed by atoms with Crippen LogP contribution in [-0.4, -0.2) is 23.0 Å². The van der Waals surface area contributed by atoms with Crippen molar-refractivity contribution in [2.24, 2.45) is 0 Å². The quantitative estimate of drug-likeness (QED) is 0.874. The highest BCUT2D eigenvalue weighted by Crippen LogP contribution is 2.32. The van der Waals surface area contributed by atoms with Crippen LogP contribution in [0, 0.1) is 0 Å². The van der Waals surface area contributed by atoms with E-state index in [-0.39, 0.29) is 11.3 Å². The number of hydrogen-bond donors (Lipinski definition) is 2. The van der Waals surface area contributed by atoms with Gasteiger partial charge in [0.2, 0.25) is 0 Å². The molecule has 2 N–H and O–H groups in total. The molecule has 0 saturated carbocycles. The lowest BCUT2D eigenvalue weighted by Gasteiger charge is -2.20. The normalized spacial score (nSPS) is 13.8. The third-order valence-corrected chi connectivity index (χ3v) is 2.18. The first-order valence-electron chi connectivity index (χ1n) is 5.84. The fourth-order valence-electron chi connectivity index (χ4n) is 1.36. The summed E-state index contributed by atoms with van der Waals surface area (Å²) in [5, 5.41) is 11.4. The Bertz CT molecular complexity index is 463. The largest absolute Gasteiger partial charge is 0.444 e. The minimum Gasteiger partial charge on any atom is -0.444 e. The molecule has 0 aliphatic rings. The number of aliphatic hydroxyl groups excluding tert-OH is 1. The van der Waals surface area contributed by atoms with Crippen LogP contribution in [0.3, 0.4) is 0 Å². The second-order valence-electron chi connectivity index (χ2n) is 5.19. The van der Waals surface area contributed by atoms with Crippen molar-refractivity contribution in [3.63, 3.8) is 0 Å². The van der Waals surface area contributed by atoms with E-state index in [1.165, 1.54) is 12.1 Å². The number of carbonyl (C=O) groups is 1. The smallest absolute Gasteiger partial charge is 0.418 e. The lowest BCUT2D eigenvalue weighted by atomic mass is 10.1. The summed E-state index contributed by atoms with van der Waals surface area (Å²) >= 11 is 0. The third kappa shape index (κ3) is 5.08. The maximum absolute atomic E-state index is 12.3. The summed E-state index contributed by atoms with van der Waals surface area (Å²) in [4.78, 5) is 11.4. The van der Waals surface area contributed by atoms with E-state index in [4.69, 9.17) is 9.84 Å². The van der Waals surface area contributed by atoms with E-state index in [1.807, 2.05) is 0 Å². The molecular formula is C13H16F3NO3. The van der Waals surface area contributed by atoms with Crippen molar-refractivity contribution < 1.29 is 27.8 Å². The number of amides is 1. The van der Waals surface area contributed by atoms with Crippen LogP contribution in [0.25, 0.3) is 0 Å². The van der Waals surface area contributed by atoms with Crippen molar-refractivity contribution in [2.45, 2.75) is 38.7 Å². The topological polar surface area (TPSA) is 58.6 Å². The molecule has 1 amide bonds. The number of alkyl halides is 3. The Morgan fingerprint density at radius 2 is 1.70 bits per heavy atom. The monoisotopic (exact) mass is 291 g/mol. The van der Waals surface area contributed by atoms with Gasteiger partial charge >= 0.3 is 12.3 Å². The van der Waals surface area contributed by atoms with Crippen LogP contribution in [0.1, 0.15) is 32.4 Å². The molecular weight excluding hydrogens is 275 g/mol. The molecule has 0 heterocycles. The molecule has 1 rings (SSSR count). The number of anilines is 1. The number of nitrogens with one attached hydrogen (secondary N) is 1. The Kier molecular flexibility index (Phi) is 4.65. The number of aliphatic hydroxyl groups is 1. The van der Waals surface area contributed by atoms with Gasteiger partial charge in [-0.2, -0.15) is 13.2 Å². The van der Waals surface area contributed by atoms with E-state index in [2.05, 4.69) is 5.32 Å². The zero-order valence-corrected chi connectivity index (χ0v) is 11.3. The second kappa shape index (κ2) is 5.70. The number of benzene rings is 1. The molecule has 0 spiro atoms. The molecule has 1 aromatic rings. The molecule has 0 fully saturated rings. The van der Waals surface area contributed by atoms with E-state index in [0.29, 0.717) is 0 Å². The van der Waals surface area contributed by atoms with Crippen LogP contribution in [0.5, 0.6) is 0 Å². The van der Waals surface area contributed by atoms with Gasteiger partial charge in [-0.3, -0.25) is 5.32 Å². The lowest BCUT2D eigenvalue weighted by molar-refractivity contribution is -0.206. The molecule has 7 heteroatoms. The van der Waals surface area contributed by atoms with Crippen molar-refractivity contribution in [1.29, 1.82) is 0 Å². The molecule has 1 atom stereocenters. The van der Waals surface area contributed by atoms with E-state index in [9.17, 15) is 18.0 Å². The summed E-state index contributed by atoms with van der Waals surface area (Å²) in [5.41, 5.74) is -0.694. The van der Waals surface area contributed by atoms with Crippen LogP contribution in [-0.2, 0) is 4.74 Å². The van der Waals surface area contributed by atoms with Crippen LogP contribution in [0.15, 0.2) is 24.3 Å². The average Bonchev–Trinajstić information content (AvgIpc) is 2.25. The third-order valence-electron chi connectivity index (χ3n) is 2.18. The van der Waals surface area contributed by atoms with Crippen LogP contribution < -0.4 is 5.32 Å². The highest BCUT2D eigenvalue weighted by Gasteiger charge is 2.39. The van der Waals surface area contributed by atoms with E-state index in [1.54, 1.807) is 20.8 Å². The van der Waals surface area contributed by atoms with Crippen LogP contribution in [0.2, 0.25) is 0 Å². The zero-order chi connectivity index (χ0) is 15.6. The first kappa shape index (κ1) is 16.3. The van der Waals surface area contributed by atoms with Crippen LogP contribution >= 0.6 is 0 Å². The summed E-state index contributed by atoms with van der Waals surface area (Å²) in [6.07, 6.45) is -7.97. The first-order chi connectivity index (χ1) is 8.99. The Labute approximate surface area is 114 Å². The van der Waals surface area contributed by atoms with Gasteiger partial charge in [-0.05, 0) is 38.5 Å². The first-order valence-corrected chi connectivity index (χ1v) is 5.84. The minimum atomic E-state index is -4.72. The Hall–Kier alpha value is -1.76. The lowest BCUT2D eigenvalue weighted by Crippen LogP contribution is -2.27. The van der Waals surface area contributed by atoms with Gasteiger partial charge in [-0.15, -0.1) is 0 Å². The summed E-state index contributed by atoms with van der Waals surface area (Å²) in [7, 11) is 0. The Morgan fingerprint density at radius 3 is 2.10 bits per heavy atom. The van der Waals surface area contributed by atoms with Gasteiger partial charge in [0.1, 0.15) is 5.60 Å². The van der Waals surface area contributed by atoms with E-state index in [0.717, 1.165) is 12.1 Å². The van der Waals surface area contributed by atoms with E-state index < -0.39 is 24.0 Å². The molecule has 1 aromatic carbocycles. The summed E-state index contributed by atoms with van der Waals surface area (Å²) < 4.78 is 41.9. The molecule has 20 heavy (non-hydrogen) atoms. The minimum absolute atomic E-state index is 0.275. The van der Waals surface area contributed by atoms with Crippen molar-refractivity contribution in [3.8, 4) is 0 Å². The number of carbonyl (C=O) groups excluding carboxylic acids is 1. The maximum Gasteiger partial charge on any atom is 0.418 e. The molecule has 4 nitrogen and oxygen atoms in total. The van der Waals surface area contributed by atoms with Gasteiger partial charge < -0.3 is 9.84 Å². The highest BCUT2D eigenvalue weighted by molar-refractivity contribution is 5.84. The van der Waals surface area contributed by atoms with Gasteiger partial charge in [0.15, 0.2) is 6.10 Å². The summed E-state index contributed by atoms with van der Waals surface area (Å²) in [6, 6.07) is 4.69. The van der Waals surface area contributed by atoms with Crippen molar-refractivity contribution in [2.75, 3.05) is 5.32 Å². The highest BCUT2D eigenvalue weighted by atomic mass is 19.4. The fourth-order valence-corrected chi connectivity index (χ4v) is 1.36. The number of hydrogen-bond acceptors (Lipinski definition) is 3. The van der Waals surface area contributed by atoms with Gasteiger partial charge in [0.05, 0.1) is 0 Å². The van der Waals surface area contributed by atoms with Crippen LogP contribution in [0.4, 0.5) is 23.7 Å². The zero-order valence-electron chi connectivity index (χ0n) is 11.3. The predicted molar refractivity (Wildman–Crippen MR) is 67.3 cm³/mol. The number of ether oxygens (including phenoxy) is 1. The molecule has 0 aliphatic carbocycles. The molecule has 0 aromatic heterocycles. The van der Waals surface area contributed by atoms with Gasteiger partial charge in [0.25, 0.3) is 0 Å². The fraction of sp³-hybridized carbons (Fsp3) is 0.462. The molecule has 0 aliphatic heterocycles. The number of halogens is 3.